The van der Waals surface area contributed by atoms with Crippen molar-refractivity contribution in [1.82, 2.24) is 15.2 Å². The Morgan fingerprint density at radius 1 is 1.45 bits per heavy atom. The molecule has 0 spiro atoms. The lowest BCUT2D eigenvalue weighted by atomic mass is 10.0. The fraction of sp³-hybridized carbons (Fsp3) is 0.500. The van der Waals surface area contributed by atoms with Crippen molar-refractivity contribution in [3.8, 4) is 0 Å². The second-order valence-corrected chi connectivity index (χ2v) is 5.25. The van der Waals surface area contributed by atoms with E-state index in [1.54, 1.807) is 17.2 Å². The van der Waals surface area contributed by atoms with Gasteiger partial charge in [0.05, 0.1) is 10.6 Å². The molecule has 0 unspecified atom stereocenters. The maximum Gasteiger partial charge on any atom is 0.256 e. The van der Waals surface area contributed by atoms with Gasteiger partial charge in [0, 0.05) is 37.9 Å². The Morgan fingerprint density at radius 3 is 2.75 bits per heavy atom. The van der Waals surface area contributed by atoms with Crippen LogP contribution in [-0.2, 0) is 4.79 Å². The molecule has 0 aliphatic carbocycles. The molecule has 0 atom stereocenters. The summed E-state index contributed by atoms with van der Waals surface area (Å²) >= 11 is 6.01. The fourth-order valence-corrected chi connectivity index (χ4v) is 2.45. The largest absolute Gasteiger partial charge is 0.353 e. The summed E-state index contributed by atoms with van der Waals surface area (Å²) in [5.74, 6) is -0.0338. The van der Waals surface area contributed by atoms with Crippen LogP contribution in [0, 0.1) is 0 Å². The summed E-state index contributed by atoms with van der Waals surface area (Å²) in [6.45, 7) is 3.08. The fourth-order valence-electron chi connectivity index (χ4n) is 2.26. The number of likely N-dealkylation sites (tertiary alicyclic amines) is 1. The Morgan fingerprint density at radius 2 is 2.15 bits per heavy atom. The van der Waals surface area contributed by atoms with E-state index in [1.165, 1.54) is 6.20 Å². The average molecular weight is 296 g/mol. The number of rotatable bonds is 3. The van der Waals surface area contributed by atoms with E-state index in [4.69, 9.17) is 11.6 Å². The van der Waals surface area contributed by atoms with Crippen LogP contribution in [0.25, 0.3) is 0 Å². The lowest BCUT2D eigenvalue weighted by Gasteiger charge is -2.32. The summed E-state index contributed by atoms with van der Waals surface area (Å²) in [4.78, 5) is 29.4. The Labute approximate surface area is 123 Å². The van der Waals surface area contributed by atoms with Crippen LogP contribution in [0.2, 0.25) is 5.02 Å². The van der Waals surface area contributed by atoms with Crippen molar-refractivity contribution in [3.63, 3.8) is 0 Å². The topological polar surface area (TPSA) is 62.3 Å². The SMILES string of the molecule is CCC(=O)NC1CCN(C(=O)c2cnccc2Cl)CC1. The monoisotopic (exact) mass is 295 g/mol. The highest BCUT2D eigenvalue weighted by Gasteiger charge is 2.25. The molecule has 1 fully saturated rings. The van der Waals surface area contributed by atoms with Crippen LogP contribution in [0.5, 0.6) is 0 Å². The van der Waals surface area contributed by atoms with Gasteiger partial charge in [-0.05, 0) is 18.9 Å². The molecule has 0 radical (unpaired) electrons. The molecule has 1 saturated heterocycles. The van der Waals surface area contributed by atoms with Crippen LogP contribution in [0.3, 0.4) is 0 Å². The van der Waals surface area contributed by atoms with Gasteiger partial charge < -0.3 is 10.2 Å². The van der Waals surface area contributed by atoms with E-state index in [-0.39, 0.29) is 17.9 Å². The van der Waals surface area contributed by atoms with Crippen molar-refractivity contribution >= 4 is 23.4 Å². The molecule has 1 N–H and O–H groups in total. The van der Waals surface area contributed by atoms with Crippen LogP contribution >= 0.6 is 11.6 Å². The molecule has 2 rings (SSSR count). The number of pyridine rings is 1. The second-order valence-electron chi connectivity index (χ2n) is 4.84. The van der Waals surface area contributed by atoms with Crippen LogP contribution in [0.4, 0.5) is 0 Å². The Balaban J connectivity index is 1.92. The molecule has 108 valence electrons. The number of piperidine rings is 1. The van der Waals surface area contributed by atoms with Gasteiger partial charge >= 0.3 is 0 Å². The zero-order chi connectivity index (χ0) is 14.5. The van der Waals surface area contributed by atoms with Gasteiger partial charge in [-0.3, -0.25) is 14.6 Å². The lowest BCUT2D eigenvalue weighted by Crippen LogP contribution is -2.46. The number of carbonyl (C=O) groups excluding carboxylic acids is 2. The summed E-state index contributed by atoms with van der Waals surface area (Å²) in [6.07, 6.45) is 5.09. The summed E-state index contributed by atoms with van der Waals surface area (Å²) in [6, 6.07) is 1.78. The molecule has 1 aliphatic rings. The molecule has 6 heteroatoms. The third kappa shape index (κ3) is 3.48. The van der Waals surface area contributed by atoms with Crippen molar-refractivity contribution in [2.24, 2.45) is 0 Å². The third-order valence-corrected chi connectivity index (χ3v) is 3.80. The lowest BCUT2D eigenvalue weighted by molar-refractivity contribution is -0.121. The van der Waals surface area contributed by atoms with Crippen LogP contribution in [0.1, 0.15) is 36.5 Å². The van der Waals surface area contributed by atoms with Crippen molar-refractivity contribution in [3.05, 3.63) is 29.0 Å². The zero-order valence-electron chi connectivity index (χ0n) is 11.4. The molecule has 5 nitrogen and oxygen atoms in total. The van der Waals surface area contributed by atoms with Crippen LogP contribution in [0.15, 0.2) is 18.5 Å². The zero-order valence-corrected chi connectivity index (χ0v) is 12.2. The molecule has 1 aromatic heterocycles. The van der Waals surface area contributed by atoms with Gasteiger partial charge in [-0.2, -0.15) is 0 Å². The van der Waals surface area contributed by atoms with Gasteiger partial charge in [0.15, 0.2) is 0 Å². The quantitative estimate of drug-likeness (QED) is 0.926. The highest BCUT2D eigenvalue weighted by atomic mass is 35.5. The molecule has 0 aromatic carbocycles. The van der Waals surface area contributed by atoms with E-state index >= 15 is 0 Å². The van der Waals surface area contributed by atoms with Gasteiger partial charge in [-0.15, -0.1) is 0 Å². The summed E-state index contributed by atoms with van der Waals surface area (Å²) in [5.41, 5.74) is 0.435. The van der Waals surface area contributed by atoms with E-state index in [1.807, 2.05) is 6.92 Å². The standard InChI is InChI=1S/C14H18ClN3O2/c1-2-13(19)17-10-4-7-18(8-5-10)14(20)11-9-16-6-3-12(11)15/h3,6,9-10H,2,4-5,7-8H2,1H3,(H,17,19). The van der Waals surface area contributed by atoms with E-state index in [0.717, 1.165) is 12.8 Å². The average Bonchev–Trinajstić information content (AvgIpc) is 2.47. The molecule has 20 heavy (non-hydrogen) atoms. The first kappa shape index (κ1) is 14.8. The Bertz CT molecular complexity index is 499. The van der Waals surface area contributed by atoms with Crippen molar-refractivity contribution in [2.45, 2.75) is 32.2 Å². The predicted octanol–water partition coefficient (Wildman–Crippen LogP) is 1.87. The first-order valence-corrected chi connectivity index (χ1v) is 7.17. The highest BCUT2D eigenvalue weighted by Crippen LogP contribution is 2.19. The molecule has 1 aliphatic heterocycles. The number of carbonyl (C=O) groups is 2. The third-order valence-electron chi connectivity index (χ3n) is 3.47. The number of nitrogens with zero attached hydrogens (tertiary/aromatic N) is 2. The van der Waals surface area contributed by atoms with Crippen LogP contribution < -0.4 is 5.32 Å². The van der Waals surface area contributed by atoms with E-state index in [2.05, 4.69) is 10.3 Å². The highest BCUT2D eigenvalue weighted by molar-refractivity contribution is 6.33. The van der Waals surface area contributed by atoms with Crippen molar-refractivity contribution in [1.29, 1.82) is 0 Å². The normalized spacial score (nSPS) is 16.0. The molecule has 0 saturated carbocycles. The number of halogens is 1. The van der Waals surface area contributed by atoms with Gasteiger partial charge in [0.25, 0.3) is 5.91 Å². The van der Waals surface area contributed by atoms with Gasteiger partial charge in [0.1, 0.15) is 0 Å². The van der Waals surface area contributed by atoms with Gasteiger partial charge in [0.2, 0.25) is 5.91 Å². The minimum atomic E-state index is -0.0941. The van der Waals surface area contributed by atoms with Gasteiger partial charge in [-0.1, -0.05) is 18.5 Å². The number of amides is 2. The molecular weight excluding hydrogens is 278 g/mol. The molecule has 2 amide bonds. The number of nitrogens with one attached hydrogen (secondary N) is 1. The number of aromatic nitrogens is 1. The molecule has 1 aromatic rings. The number of hydrogen-bond donors (Lipinski definition) is 1. The summed E-state index contributed by atoms with van der Waals surface area (Å²) in [5, 5.41) is 3.39. The first-order valence-electron chi connectivity index (χ1n) is 6.80. The van der Waals surface area contributed by atoms with Crippen molar-refractivity contribution in [2.75, 3.05) is 13.1 Å². The summed E-state index contributed by atoms with van der Waals surface area (Å²) in [7, 11) is 0. The van der Waals surface area contributed by atoms with Crippen LogP contribution in [-0.4, -0.2) is 40.8 Å². The minimum Gasteiger partial charge on any atom is -0.353 e. The van der Waals surface area contributed by atoms with E-state index < -0.39 is 0 Å². The first-order chi connectivity index (χ1) is 9.61. The van der Waals surface area contributed by atoms with Gasteiger partial charge in [-0.25, -0.2) is 0 Å². The summed E-state index contributed by atoms with van der Waals surface area (Å²) < 4.78 is 0. The van der Waals surface area contributed by atoms with Crippen molar-refractivity contribution < 1.29 is 9.59 Å². The van der Waals surface area contributed by atoms with E-state index in [9.17, 15) is 9.59 Å². The maximum atomic E-state index is 12.3. The Hall–Kier alpha value is -1.62. The number of hydrogen-bond acceptors (Lipinski definition) is 3. The predicted molar refractivity (Wildman–Crippen MR) is 76.6 cm³/mol. The molecular formula is C14H18ClN3O2. The second kappa shape index (κ2) is 6.70. The Kier molecular flexibility index (Phi) is 4.95. The minimum absolute atomic E-state index is 0.0603. The van der Waals surface area contributed by atoms with E-state index in [0.29, 0.717) is 30.1 Å². The molecule has 0 bridgehead atoms. The maximum absolute atomic E-state index is 12.3. The molecule has 2 heterocycles. The smallest absolute Gasteiger partial charge is 0.256 e.